The van der Waals surface area contributed by atoms with E-state index in [1.54, 1.807) is 24.3 Å². The summed E-state index contributed by atoms with van der Waals surface area (Å²) in [5.74, 6) is -0.904. The molecule has 0 bridgehead atoms. The van der Waals surface area contributed by atoms with Gasteiger partial charge in [-0.3, -0.25) is 9.59 Å². The Morgan fingerprint density at radius 2 is 1.06 bits per heavy atom. The molecule has 2 heterocycles. The van der Waals surface area contributed by atoms with Crippen molar-refractivity contribution in [2.75, 3.05) is 23.8 Å². The van der Waals surface area contributed by atoms with Crippen LogP contribution >= 0.6 is 22.7 Å². The van der Waals surface area contributed by atoms with Crippen LogP contribution < -0.4 is 10.6 Å². The quantitative estimate of drug-likeness (QED) is 0.159. The van der Waals surface area contributed by atoms with Crippen LogP contribution in [0.1, 0.15) is 156 Å². The van der Waals surface area contributed by atoms with Gasteiger partial charge in [-0.25, -0.2) is 9.59 Å². The number of amides is 2. The number of hydrogen-bond donors (Lipinski definition) is 2. The molecule has 5 rings (SSSR count). The number of nitrogens with one attached hydrogen (secondary N) is 2. The van der Waals surface area contributed by atoms with E-state index in [1.807, 2.05) is 13.8 Å². The molecule has 2 atom stereocenters. The lowest BCUT2D eigenvalue weighted by molar-refractivity contribution is 0.0495. The van der Waals surface area contributed by atoms with E-state index in [1.165, 1.54) is 22.7 Å². The van der Waals surface area contributed by atoms with Gasteiger partial charge in [-0.2, -0.15) is 0 Å². The minimum absolute atomic E-state index is 0.155. The zero-order valence-electron chi connectivity index (χ0n) is 32.2. The minimum Gasteiger partial charge on any atom is -0.462 e. The third-order valence-corrected chi connectivity index (χ3v) is 14.1. The summed E-state index contributed by atoms with van der Waals surface area (Å²) in [5, 5.41) is 6.94. The molecule has 1 aromatic carbocycles. The fourth-order valence-corrected chi connectivity index (χ4v) is 10.1. The van der Waals surface area contributed by atoms with Crippen molar-refractivity contribution < 1.29 is 28.7 Å². The van der Waals surface area contributed by atoms with E-state index >= 15 is 0 Å². The minimum atomic E-state index is -0.489. The van der Waals surface area contributed by atoms with Crippen LogP contribution in [0.3, 0.4) is 0 Å². The molecular formula is C42H56N2O6S2. The second-order valence-corrected chi connectivity index (χ2v) is 17.9. The van der Waals surface area contributed by atoms with Crippen molar-refractivity contribution in [1.29, 1.82) is 0 Å². The van der Waals surface area contributed by atoms with Crippen LogP contribution in [0.5, 0.6) is 0 Å². The van der Waals surface area contributed by atoms with E-state index in [-0.39, 0.29) is 22.0 Å². The van der Waals surface area contributed by atoms with Gasteiger partial charge in [-0.1, -0.05) is 80.4 Å². The molecule has 2 unspecified atom stereocenters. The molecule has 0 aliphatic heterocycles. The Kier molecular flexibility index (Phi) is 12.7. The number of ether oxygens (including phenoxy) is 2. The highest BCUT2D eigenvalue weighted by Crippen LogP contribution is 2.47. The highest BCUT2D eigenvalue weighted by Gasteiger charge is 2.38. The molecule has 2 N–H and O–H groups in total. The molecule has 2 aliphatic carbocycles. The van der Waals surface area contributed by atoms with E-state index in [0.717, 1.165) is 72.2 Å². The van der Waals surface area contributed by atoms with Gasteiger partial charge in [0.15, 0.2) is 0 Å². The number of anilines is 2. The highest BCUT2D eigenvalue weighted by atomic mass is 32.1. The van der Waals surface area contributed by atoms with Gasteiger partial charge < -0.3 is 20.1 Å². The smallest absolute Gasteiger partial charge is 0.341 e. The first-order valence-electron chi connectivity index (χ1n) is 19.1. The maximum atomic E-state index is 14.1. The Bertz CT molecular complexity index is 1670. The summed E-state index contributed by atoms with van der Waals surface area (Å²) >= 11 is 2.88. The second kappa shape index (κ2) is 16.7. The van der Waals surface area contributed by atoms with Crippen molar-refractivity contribution in [2.24, 2.45) is 22.7 Å². The lowest BCUT2D eigenvalue weighted by atomic mass is 9.69. The largest absolute Gasteiger partial charge is 0.462 e. The first-order chi connectivity index (χ1) is 24.8. The fourth-order valence-electron chi connectivity index (χ4n) is 7.45. The topological polar surface area (TPSA) is 111 Å². The monoisotopic (exact) mass is 748 g/mol. The molecule has 0 saturated carbocycles. The van der Waals surface area contributed by atoms with Crippen LogP contribution in [-0.2, 0) is 35.2 Å². The summed E-state index contributed by atoms with van der Waals surface area (Å²) in [4.78, 5) is 57.2. The van der Waals surface area contributed by atoms with E-state index in [2.05, 4.69) is 52.2 Å². The van der Waals surface area contributed by atoms with Crippen molar-refractivity contribution in [3.05, 3.63) is 67.4 Å². The molecule has 2 aromatic heterocycles. The van der Waals surface area contributed by atoms with Crippen LogP contribution in [0.15, 0.2) is 24.3 Å². The molecule has 0 spiro atoms. The van der Waals surface area contributed by atoms with Crippen molar-refractivity contribution in [1.82, 2.24) is 0 Å². The first-order valence-corrected chi connectivity index (χ1v) is 20.7. The lowest BCUT2D eigenvalue weighted by Gasteiger charge is -2.36. The van der Waals surface area contributed by atoms with Crippen LogP contribution in [0.25, 0.3) is 0 Å². The Morgan fingerprint density at radius 1 is 0.673 bits per heavy atom. The van der Waals surface area contributed by atoms with E-state index in [4.69, 9.17) is 9.47 Å². The molecule has 282 valence electrons. The first kappa shape index (κ1) is 39.7. The highest BCUT2D eigenvalue weighted by molar-refractivity contribution is 7.17. The van der Waals surface area contributed by atoms with E-state index < -0.39 is 23.8 Å². The van der Waals surface area contributed by atoms with Crippen molar-refractivity contribution >= 4 is 56.4 Å². The summed E-state index contributed by atoms with van der Waals surface area (Å²) < 4.78 is 11.2. The number of benzene rings is 1. The SMILES string of the molecule is CCCOC(=O)c1c(NC(=O)c2ccccc2C(=O)Nc2sc3c(c2C(=O)OCCC)CCC(C(C)(C)CC)C3)sc2c1CCC(C(C)(C)CC)C2. The molecule has 0 radical (unpaired) electrons. The number of thiophene rings is 2. The zero-order chi connectivity index (χ0) is 37.8. The van der Waals surface area contributed by atoms with Gasteiger partial charge >= 0.3 is 11.9 Å². The molecule has 2 amide bonds. The summed E-state index contributed by atoms with van der Waals surface area (Å²) in [7, 11) is 0. The maximum Gasteiger partial charge on any atom is 0.341 e. The standard InChI is InChI=1S/C42H56N2O6S2/c1-9-21-49-39(47)33-29-19-17-25(41(5,6)11-3)23-31(29)51-37(33)43-35(45)27-15-13-14-16-28(27)36(46)44-38-34(40(48)50-22-10-2)30-20-18-26(24-32(30)52-38)42(7,8)12-4/h13-16,25-26H,9-12,17-24H2,1-8H3,(H,43,45)(H,44,46). The average molecular weight is 749 g/mol. The summed E-state index contributed by atoms with van der Waals surface area (Å²) in [5.41, 5.74) is 3.44. The van der Waals surface area contributed by atoms with Crippen LogP contribution in [0.2, 0.25) is 0 Å². The van der Waals surface area contributed by atoms with Gasteiger partial charge in [0.2, 0.25) is 0 Å². The van der Waals surface area contributed by atoms with Crippen LogP contribution in [0, 0.1) is 22.7 Å². The Morgan fingerprint density at radius 3 is 1.40 bits per heavy atom. The number of esters is 2. The Labute approximate surface area is 317 Å². The van der Waals surface area contributed by atoms with E-state index in [9.17, 15) is 19.2 Å². The second-order valence-electron chi connectivity index (χ2n) is 15.7. The van der Waals surface area contributed by atoms with Crippen LogP contribution in [-0.4, -0.2) is 37.0 Å². The lowest BCUT2D eigenvalue weighted by Crippen LogP contribution is -2.28. The molecule has 0 saturated heterocycles. The van der Waals surface area contributed by atoms with Gasteiger partial charge in [-0.05, 0) is 97.3 Å². The number of rotatable bonds is 14. The third kappa shape index (κ3) is 8.33. The predicted molar refractivity (Wildman–Crippen MR) is 211 cm³/mol. The van der Waals surface area contributed by atoms with Gasteiger partial charge in [0.1, 0.15) is 10.0 Å². The molecule has 10 heteroatoms. The zero-order valence-corrected chi connectivity index (χ0v) is 33.8. The molecule has 0 fully saturated rings. The molecule has 8 nitrogen and oxygen atoms in total. The number of carbonyl (C=O) groups is 4. The van der Waals surface area contributed by atoms with Crippen molar-refractivity contribution in [3.63, 3.8) is 0 Å². The van der Waals surface area contributed by atoms with Gasteiger partial charge in [0.05, 0.1) is 35.5 Å². The normalized spacial score (nSPS) is 17.2. The molecule has 3 aromatic rings. The summed E-state index contributed by atoms with van der Waals surface area (Å²) in [6, 6.07) is 6.65. The summed E-state index contributed by atoms with van der Waals surface area (Å²) in [6.07, 6.45) is 8.60. The van der Waals surface area contributed by atoms with Gasteiger partial charge in [0.25, 0.3) is 11.8 Å². The maximum absolute atomic E-state index is 14.1. The van der Waals surface area contributed by atoms with Gasteiger partial charge in [-0.15, -0.1) is 22.7 Å². The number of hydrogen-bond acceptors (Lipinski definition) is 8. The number of carbonyl (C=O) groups excluding carboxylic acids is 4. The average Bonchev–Trinajstić information content (AvgIpc) is 3.69. The molecular weight excluding hydrogens is 693 g/mol. The Hall–Kier alpha value is -3.50. The summed E-state index contributed by atoms with van der Waals surface area (Å²) in [6.45, 7) is 18.1. The Balaban J connectivity index is 1.44. The van der Waals surface area contributed by atoms with Crippen LogP contribution in [0.4, 0.5) is 10.0 Å². The van der Waals surface area contributed by atoms with E-state index in [0.29, 0.717) is 59.0 Å². The molecule has 2 aliphatic rings. The third-order valence-electron chi connectivity index (χ3n) is 11.7. The van der Waals surface area contributed by atoms with Crippen molar-refractivity contribution in [2.45, 2.75) is 120 Å². The predicted octanol–water partition coefficient (Wildman–Crippen LogP) is 10.5. The molecule has 52 heavy (non-hydrogen) atoms. The van der Waals surface area contributed by atoms with Gasteiger partial charge in [0, 0.05) is 9.75 Å². The fraction of sp³-hybridized carbons (Fsp3) is 0.571. The number of fused-ring (bicyclic) bond motifs is 2. The van der Waals surface area contributed by atoms with Crippen molar-refractivity contribution in [3.8, 4) is 0 Å².